The van der Waals surface area contributed by atoms with E-state index in [0.29, 0.717) is 37.4 Å². The Kier molecular flexibility index (Phi) is 6.88. The Morgan fingerprint density at radius 3 is 2.76 bits per heavy atom. The van der Waals surface area contributed by atoms with Crippen LogP contribution in [0, 0.1) is 12.8 Å². The molecular weight excluding hydrogens is 470 g/mol. The van der Waals surface area contributed by atoms with Crippen molar-refractivity contribution < 1.29 is 19.1 Å². The Balaban J connectivity index is 1.46. The van der Waals surface area contributed by atoms with Crippen LogP contribution in [0.2, 0.25) is 0 Å². The fourth-order valence-corrected chi connectivity index (χ4v) is 5.58. The first-order valence-electron chi connectivity index (χ1n) is 12.7. The van der Waals surface area contributed by atoms with Crippen LogP contribution in [0.5, 0.6) is 5.75 Å². The maximum Gasteiger partial charge on any atom is 0.271 e. The Hall–Kier alpha value is -3.85. The summed E-state index contributed by atoms with van der Waals surface area (Å²) in [5.74, 6) is 0.0134. The third-order valence-electron chi connectivity index (χ3n) is 7.59. The molecule has 2 aliphatic heterocycles. The van der Waals surface area contributed by atoms with Crippen molar-refractivity contribution >= 4 is 28.6 Å². The number of nitrogens with zero attached hydrogens (tertiary/aromatic N) is 1. The topological polar surface area (TPSA) is 116 Å². The number of hydrogen-bond donors (Lipinski definition) is 4. The molecular formula is C28H33N5O4. The molecule has 1 unspecified atom stereocenters. The zero-order valence-electron chi connectivity index (χ0n) is 21.4. The van der Waals surface area contributed by atoms with Gasteiger partial charge in [0.05, 0.1) is 13.3 Å². The zero-order chi connectivity index (χ0) is 26.1. The van der Waals surface area contributed by atoms with Gasteiger partial charge in [-0.05, 0) is 68.1 Å². The van der Waals surface area contributed by atoms with Crippen LogP contribution in [0.3, 0.4) is 0 Å². The van der Waals surface area contributed by atoms with Crippen molar-refractivity contribution in [3.05, 3.63) is 64.8 Å². The van der Waals surface area contributed by atoms with Gasteiger partial charge in [0, 0.05) is 29.9 Å². The number of nitrogens with one attached hydrogen (secondary N) is 4. The number of aromatic nitrogens is 1. The Morgan fingerprint density at radius 1 is 1.22 bits per heavy atom. The zero-order valence-corrected chi connectivity index (χ0v) is 21.4. The molecule has 0 spiro atoms. The molecule has 1 aromatic heterocycles. The summed E-state index contributed by atoms with van der Waals surface area (Å²) in [6.45, 7) is 3.10. The van der Waals surface area contributed by atoms with Crippen molar-refractivity contribution in [2.24, 2.45) is 5.92 Å². The van der Waals surface area contributed by atoms with Crippen LogP contribution in [0.15, 0.2) is 42.5 Å². The smallest absolute Gasteiger partial charge is 0.271 e. The van der Waals surface area contributed by atoms with E-state index < -0.39 is 12.2 Å². The van der Waals surface area contributed by atoms with Crippen molar-refractivity contribution in [2.45, 2.75) is 38.4 Å². The molecule has 3 atom stereocenters. The second-order valence-corrected chi connectivity index (χ2v) is 9.76. The first-order valence-corrected chi connectivity index (χ1v) is 12.7. The number of aromatic amines is 1. The summed E-state index contributed by atoms with van der Waals surface area (Å²) >= 11 is 0. The molecule has 3 aromatic rings. The minimum Gasteiger partial charge on any atom is -0.496 e. The predicted octanol–water partition coefficient (Wildman–Crippen LogP) is 2.41. The molecule has 0 saturated carbocycles. The number of methoxy groups -OCH3 is 1. The van der Waals surface area contributed by atoms with Gasteiger partial charge < -0.3 is 30.6 Å². The van der Waals surface area contributed by atoms with Gasteiger partial charge in [-0.25, -0.2) is 0 Å². The first kappa shape index (κ1) is 24.8. The van der Waals surface area contributed by atoms with E-state index >= 15 is 0 Å². The van der Waals surface area contributed by atoms with Crippen LogP contribution < -0.4 is 20.7 Å². The van der Waals surface area contributed by atoms with Gasteiger partial charge in [-0.2, -0.15) is 0 Å². The quantitative estimate of drug-likeness (QED) is 0.370. The maximum atomic E-state index is 13.9. The summed E-state index contributed by atoms with van der Waals surface area (Å²) in [5.41, 5.74) is 4.23. The number of benzene rings is 2. The van der Waals surface area contributed by atoms with Gasteiger partial charge in [-0.15, -0.1) is 0 Å². The molecule has 0 radical (unpaired) electrons. The number of ether oxygens (including phenoxy) is 1. The third-order valence-corrected chi connectivity index (χ3v) is 7.59. The number of H-pyrrole nitrogens is 1. The van der Waals surface area contributed by atoms with Gasteiger partial charge >= 0.3 is 0 Å². The van der Waals surface area contributed by atoms with Gasteiger partial charge in [-0.1, -0.05) is 24.3 Å². The van der Waals surface area contributed by atoms with Crippen molar-refractivity contribution in [3.63, 3.8) is 0 Å². The first-order chi connectivity index (χ1) is 17.9. The van der Waals surface area contributed by atoms with Gasteiger partial charge in [0.15, 0.2) is 0 Å². The highest BCUT2D eigenvalue weighted by Crippen LogP contribution is 2.34. The molecule has 194 valence electrons. The second-order valence-electron chi connectivity index (χ2n) is 9.76. The van der Waals surface area contributed by atoms with E-state index in [1.807, 2.05) is 43.3 Å². The van der Waals surface area contributed by atoms with Crippen LogP contribution in [0.4, 0.5) is 0 Å². The van der Waals surface area contributed by atoms with Gasteiger partial charge in [0.1, 0.15) is 17.5 Å². The lowest BCUT2D eigenvalue weighted by Crippen LogP contribution is -2.52. The lowest BCUT2D eigenvalue weighted by Gasteiger charge is -2.37. The van der Waals surface area contributed by atoms with Crippen LogP contribution in [-0.2, 0) is 16.0 Å². The second kappa shape index (κ2) is 10.3. The molecule has 3 heterocycles. The fourth-order valence-electron chi connectivity index (χ4n) is 5.58. The highest BCUT2D eigenvalue weighted by molar-refractivity contribution is 6.02. The summed E-state index contributed by atoms with van der Waals surface area (Å²) in [6.07, 6.45) is 1.49. The summed E-state index contributed by atoms with van der Waals surface area (Å²) in [7, 11) is 3.36. The maximum absolute atomic E-state index is 13.9. The standard InChI is InChI=1S/C28H33N5O4/c1-16-6-4-7-19-18(16)11-13-33(28(36)22-15-20-21(31-22)8-5-9-23(20)37-3)25(19)27(35)32-24(29-2)14-17-10-12-30-26(17)34/h4-9,15,17,24-25,29,31H,10-14H2,1-3H3,(H,30,34)(H,32,35)/t17-,24-,25?/m0/s1. The number of amides is 3. The number of carbonyl (C=O) groups is 3. The molecule has 1 fully saturated rings. The number of hydrogen-bond acceptors (Lipinski definition) is 5. The van der Waals surface area contributed by atoms with E-state index in [1.165, 1.54) is 0 Å². The monoisotopic (exact) mass is 503 g/mol. The number of carbonyl (C=O) groups excluding carboxylic acids is 3. The molecule has 2 aliphatic rings. The fraction of sp³-hybridized carbons (Fsp3) is 0.393. The molecule has 0 aliphatic carbocycles. The predicted molar refractivity (Wildman–Crippen MR) is 140 cm³/mol. The van der Waals surface area contributed by atoms with Crippen LogP contribution in [0.1, 0.15) is 46.1 Å². The van der Waals surface area contributed by atoms with E-state index in [2.05, 4.69) is 20.9 Å². The summed E-state index contributed by atoms with van der Waals surface area (Å²) < 4.78 is 5.46. The van der Waals surface area contributed by atoms with Crippen molar-refractivity contribution in [1.29, 1.82) is 0 Å². The highest BCUT2D eigenvalue weighted by atomic mass is 16.5. The van der Waals surface area contributed by atoms with Crippen LogP contribution in [0.25, 0.3) is 10.9 Å². The van der Waals surface area contributed by atoms with Crippen molar-refractivity contribution in [1.82, 2.24) is 25.8 Å². The molecule has 9 heteroatoms. The van der Waals surface area contributed by atoms with Crippen LogP contribution in [-0.4, -0.2) is 61.0 Å². The van der Waals surface area contributed by atoms with E-state index in [4.69, 9.17) is 4.74 Å². The summed E-state index contributed by atoms with van der Waals surface area (Å²) in [5, 5.41) is 9.86. The molecule has 0 bridgehead atoms. The normalized spacial score (nSPS) is 19.9. The molecule has 37 heavy (non-hydrogen) atoms. The SMILES string of the molecule is CN[C@H](C[C@@H]1CCNC1=O)NC(=O)C1c2cccc(C)c2CCN1C(=O)c1cc2c(OC)cccc2[nH]1. The number of fused-ring (bicyclic) bond motifs is 2. The van der Waals surface area contributed by atoms with Gasteiger partial charge in [0.25, 0.3) is 5.91 Å². The average Bonchev–Trinajstić information content (AvgIpc) is 3.53. The molecule has 4 N–H and O–H groups in total. The molecule has 2 aromatic carbocycles. The molecule has 1 saturated heterocycles. The van der Waals surface area contributed by atoms with E-state index in [9.17, 15) is 14.4 Å². The minimum absolute atomic E-state index is 0.0131. The van der Waals surface area contributed by atoms with Gasteiger partial charge in [0.2, 0.25) is 11.8 Å². The Morgan fingerprint density at radius 2 is 2.03 bits per heavy atom. The lowest BCUT2D eigenvalue weighted by molar-refractivity contribution is -0.128. The van der Waals surface area contributed by atoms with Crippen molar-refractivity contribution in [3.8, 4) is 5.75 Å². The average molecular weight is 504 g/mol. The number of aryl methyl sites for hydroxylation is 1. The largest absolute Gasteiger partial charge is 0.496 e. The molecule has 9 nitrogen and oxygen atoms in total. The van der Waals surface area contributed by atoms with E-state index in [1.54, 1.807) is 25.1 Å². The lowest BCUT2D eigenvalue weighted by atomic mass is 9.88. The Labute approximate surface area is 215 Å². The minimum atomic E-state index is -0.794. The van der Waals surface area contributed by atoms with E-state index in [0.717, 1.165) is 34.0 Å². The molecule has 5 rings (SSSR count). The highest BCUT2D eigenvalue weighted by Gasteiger charge is 2.38. The Bertz CT molecular complexity index is 1350. The third kappa shape index (κ3) is 4.67. The number of rotatable bonds is 7. The van der Waals surface area contributed by atoms with E-state index in [-0.39, 0.29) is 23.6 Å². The molecule has 3 amide bonds. The summed E-state index contributed by atoms with van der Waals surface area (Å²) in [4.78, 5) is 44.7. The van der Waals surface area contributed by atoms with Crippen molar-refractivity contribution in [2.75, 3.05) is 27.2 Å². The summed E-state index contributed by atoms with van der Waals surface area (Å²) in [6, 6.07) is 12.5. The van der Waals surface area contributed by atoms with Crippen LogP contribution >= 0.6 is 0 Å². The van der Waals surface area contributed by atoms with Gasteiger partial charge in [-0.3, -0.25) is 14.4 Å².